The Morgan fingerprint density at radius 3 is 2.70 bits per heavy atom. The van der Waals surface area contributed by atoms with Gasteiger partial charge >= 0.3 is 5.97 Å². The molecule has 1 aromatic carbocycles. The van der Waals surface area contributed by atoms with Crippen LogP contribution >= 0.6 is 0 Å². The van der Waals surface area contributed by atoms with Crippen LogP contribution in [0.1, 0.15) is 35.1 Å². The highest BCUT2D eigenvalue weighted by molar-refractivity contribution is 5.73. The van der Waals surface area contributed by atoms with E-state index in [1.54, 1.807) is 7.11 Å². The molecule has 0 amide bonds. The summed E-state index contributed by atoms with van der Waals surface area (Å²) < 4.78 is 5.38. The molecule has 0 aliphatic carbocycles. The molecule has 1 atom stereocenters. The van der Waals surface area contributed by atoms with Crippen molar-refractivity contribution in [2.45, 2.75) is 46.2 Å². The highest BCUT2D eigenvalue weighted by Crippen LogP contribution is 2.30. The van der Waals surface area contributed by atoms with Gasteiger partial charge in [0.1, 0.15) is 11.8 Å². The number of benzene rings is 1. The average Bonchev–Trinajstić information content (AvgIpc) is 2.87. The summed E-state index contributed by atoms with van der Waals surface area (Å²) in [7, 11) is 1.68. The van der Waals surface area contributed by atoms with Crippen molar-refractivity contribution < 1.29 is 14.6 Å². The van der Waals surface area contributed by atoms with Crippen molar-refractivity contribution in [2.24, 2.45) is 0 Å². The molecule has 1 N–H and O–H groups in total. The van der Waals surface area contributed by atoms with Crippen LogP contribution in [0.3, 0.4) is 0 Å². The van der Waals surface area contributed by atoms with Crippen LogP contribution in [0.4, 0.5) is 0 Å². The lowest BCUT2D eigenvalue weighted by molar-refractivity contribution is -0.142. The fourth-order valence-corrected chi connectivity index (χ4v) is 3.05. The van der Waals surface area contributed by atoms with E-state index in [4.69, 9.17) is 4.74 Å². The predicted molar refractivity (Wildman–Crippen MR) is 78.3 cm³/mol. The first-order valence-electron chi connectivity index (χ1n) is 7.06. The van der Waals surface area contributed by atoms with Crippen molar-refractivity contribution in [3.8, 4) is 5.75 Å². The molecule has 0 spiro atoms. The zero-order valence-electron chi connectivity index (χ0n) is 12.7. The fraction of sp³-hybridized carbons (Fsp3) is 0.562. The SMILES string of the molecule is COc1cc(C)c(CN2CCCC2C(=O)O)c(C)c1C. The van der Waals surface area contributed by atoms with E-state index in [-0.39, 0.29) is 6.04 Å². The average molecular weight is 277 g/mol. The van der Waals surface area contributed by atoms with E-state index in [0.29, 0.717) is 6.54 Å². The number of hydrogen-bond donors (Lipinski definition) is 1. The van der Waals surface area contributed by atoms with E-state index >= 15 is 0 Å². The van der Waals surface area contributed by atoms with Gasteiger partial charge in [-0.3, -0.25) is 9.69 Å². The maximum Gasteiger partial charge on any atom is 0.320 e. The molecule has 0 aromatic heterocycles. The van der Waals surface area contributed by atoms with Crippen LogP contribution in [-0.4, -0.2) is 35.7 Å². The molecule has 1 aromatic rings. The molecule has 4 heteroatoms. The molecule has 1 heterocycles. The Hall–Kier alpha value is -1.55. The van der Waals surface area contributed by atoms with Crippen LogP contribution in [0.5, 0.6) is 5.75 Å². The zero-order chi connectivity index (χ0) is 14.9. The van der Waals surface area contributed by atoms with Gasteiger partial charge in [0.2, 0.25) is 0 Å². The third-order valence-corrected chi connectivity index (χ3v) is 4.44. The zero-order valence-corrected chi connectivity index (χ0v) is 12.7. The Balaban J connectivity index is 2.30. The van der Waals surface area contributed by atoms with Crippen LogP contribution in [0.25, 0.3) is 0 Å². The highest BCUT2D eigenvalue weighted by atomic mass is 16.5. The smallest absolute Gasteiger partial charge is 0.320 e. The first-order valence-corrected chi connectivity index (χ1v) is 7.06. The van der Waals surface area contributed by atoms with Gasteiger partial charge in [-0.25, -0.2) is 0 Å². The minimum Gasteiger partial charge on any atom is -0.496 e. The molecule has 0 bridgehead atoms. The van der Waals surface area contributed by atoms with Gasteiger partial charge in [0.05, 0.1) is 7.11 Å². The standard InChI is InChI=1S/C16H23NO3/c1-10-8-15(20-4)12(3)11(2)13(10)9-17-7-5-6-14(17)16(18)19/h8,14H,5-7,9H2,1-4H3,(H,18,19). The second-order valence-corrected chi connectivity index (χ2v) is 5.59. The molecular formula is C16H23NO3. The number of nitrogens with zero attached hydrogens (tertiary/aromatic N) is 1. The molecule has 2 rings (SSSR count). The summed E-state index contributed by atoms with van der Waals surface area (Å²) in [5.41, 5.74) is 4.74. The molecule has 0 saturated carbocycles. The van der Waals surface area contributed by atoms with Gasteiger partial charge in [-0.1, -0.05) is 0 Å². The summed E-state index contributed by atoms with van der Waals surface area (Å²) >= 11 is 0. The summed E-state index contributed by atoms with van der Waals surface area (Å²) in [4.78, 5) is 13.4. The Morgan fingerprint density at radius 2 is 2.10 bits per heavy atom. The molecule has 1 fully saturated rings. The number of hydrogen-bond acceptors (Lipinski definition) is 3. The molecule has 1 unspecified atom stereocenters. The van der Waals surface area contributed by atoms with E-state index in [1.165, 1.54) is 16.7 Å². The Morgan fingerprint density at radius 1 is 1.40 bits per heavy atom. The molecule has 1 aliphatic heterocycles. The van der Waals surface area contributed by atoms with Crippen molar-refractivity contribution in [2.75, 3.05) is 13.7 Å². The molecular weight excluding hydrogens is 254 g/mol. The number of methoxy groups -OCH3 is 1. The third-order valence-electron chi connectivity index (χ3n) is 4.44. The topological polar surface area (TPSA) is 49.8 Å². The second kappa shape index (κ2) is 5.83. The first kappa shape index (κ1) is 14.9. The van der Waals surface area contributed by atoms with Crippen molar-refractivity contribution in [3.63, 3.8) is 0 Å². The van der Waals surface area contributed by atoms with E-state index < -0.39 is 5.97 Å². The van der Waals surface area contributed by atoms with E-state index in [9.17, 15) is 9.90 Å². The number of carboxylic acids is 1. The summed E-state index contributed by atoms with van der Waals surface area (Å²) in [5.74, 6) is 0.197. The maximum atomic E-state index is 11.3. The first-order chi connectivity index (χ1) is 9.45. The minimum absolute atomic E-state index is 0.337. The van der Waals surface area contributed by atoms with Gasteiger partial charge in [-0.05, 0) is 68.5 Å². The molecule has 110 valence electrons. The van der Waals surface area contributed by atoms with Crippen LogP contribution in [0.2, 0.25) is 0 Å². The number of rotatable bonds is 4. The molecule has 1 aliphatic rings. The Bertz CT molecular complexity index is 525. The number of aryl methyl sites for hydroxylation is 1. The third kappa shape index (κ3) is 2.66. The highest BCUT2D eigenvalue weighted by Gasteiger charge is 2.31. The van der Waals surface area contributed by atoms with E-state index in [0.717, 1.165) is 30.7 Å². The van der Waals surface area contributed by atoms with Gasteiger partial charge in [-0.2, -0.15) is 0 Å². The summed E-state index contributed by atoms with van der Waals surface area (Å²) in [6.45, 7) is 7.78. The Kier molecular flexibility index (Phi) is 4.33. The lowest BCUT2D eigenvalue weighted by Crippen LogP contribution is -2.35. The van der Waals surface area contributed by atoms with Gasteiger partial charge in [0.15, 0.2) is 0 Å². The molecule has 20 heavy (non-hydrogen) atoms. The number of carbonyl (C=O) groups is 1. The van der Waals surface area contributed by atoms with E-state index in [2.05, 4.69) is 25.7 Å². The largest absolute Gasteiger partial charge is 0.496 e. The normalized spacial score (nSPS) is 19.3. The van der Waals surface area contributed by atoms with Crippen molar-refractivity contribution in [1.82, 2.24) is 4.90 Å². The molecule has 0 radical (unpaired) electrons. The number of likely N-dealkylation sites (tertiary alicyclic amines) is 1. The summed E-state index contributed by atoms with van der Waals surface area (Å²) in [5, 5.41) is 9.28. The maximum absolute atomic E-state index is 11.3. The van der Waals surface area contributed by atoms with Gasteiger partial charge in [0.25, 0.3) is 0 Å². The lowest BCUT2D eigenvalue weighted by Gasteiger charge is -2.24. The summed E-state index contributed by atoms with van der Waals surface area (Å²) in [6, 6.07) is 1.71. The molecule has 1 saturated heterocycles. The van der Waals surface area contributed by atoms with Gasteiger partial charge < -0.3 is 9.84 Å². The second-order valence-electron chi connectivity index (χ2n) is 5.59. The van der Waals surface area contributed by atoms with Gasteiger partial charge in [-0.15, -0.1) is 0 Å². The fourth-order valence-electron chi connectivity index (χ4n) is 3.05. The molecule has 4 nitrogen and oxygen atoms in total. The van der Waals surface area contributed by atoms with Crippen molar-refractivity contribution >= 4 is 5.97 Å². The van der Waals surface area contributed by atoms with Crippen molar-refractivity contribution in [1.29, 1.82) is 0 Å². The van der Waals surface area contributed by atoms with Crippen LogP contribution in [0, 0.1) is 20.8 Å². The monoisotopic (exact) mass is 277 g/mol. The lowest BCUT2D eigenvalue weighted by atomic mass is 9.96. The number of aliphatic carboxylic acids is 1. The Labute approximate surface area is 120 Å². The van der Waals surface area contributed by atoms with Crippen LogP contribution < -0.4 is 4.74 Å². The quantitative estimate of drug-likeness (QED) is 0.919. The number of ether oxygens (including phenoxy) is 1. The number of carboxylic acid groups (broad SMARTS) is 1. The minimum atomic E-state index is -0.706. The van der Waals surface area contributed by atoms with Gasteiger partial charge in [0, 0.05) is 6.54 Å². The predicted octanol–water partition coefficient (Wildman–Crippen LogP) is 2.67. The van der Waals surface area contributed by atoms with Crippen molar-refractivity contribution in [3.05, 3.63) is 28.3 Å². The van der Waals surface area contributed by atoms with Crippen LogP contribution in [0.15, 0.2) is 6.07 Å². The summed E-state index contributed by atoms with van der Waals surface area (Å²) in [6.07, 6.45) is 1.72. The van der Waals surface area contributed by atoms with E-state index in [1.807, 2.05) is 6.07 Å². The van der Waals surface area contributed by atoms with Crippen LogP contribution in [-0.2, 0) is 11.3 Å².